The van der Waals surface area contributed by atoms with Crippen molar-refractivity contribution in [1.82, 2.24) is 4.31 Å². The van der Waals surface area contributed by atoms with E-state index in [0.29, 0.717) is 10.2 Å². The van der Waals surface area contributed by atoms with Crippen LogP contribution in [0.1, 0.15) is 13.3 Å². The summed E-state index contributed by atoms with van der Waals surface area (Å²) >= 11 is 7.82. The molecule has 0 amide bonds. The van der Waals surface area contributed by atoms with Crippen LogP contribution in [0.25, 0.3) is 0 Å². The Bertz CT molecular complexity index is 534. The smallest absolute Gasteiger partial charge is 0.245 e. The first-order valence-electron chi connectivity index (χ1n) is 4.96. The molecule has 0 bridgehead atoms. The minimum Gasteiger partial charge on any atom is -0.387 e. The van der Waals surface area contributed by atoms with E-state index in [9.17, 15) is 13.5 Å². The first kappa shape index (κ1) is 14.0. The number of rotatable bonds is 3. The Morgan fingerprint density at radius 1 is 1.53 bits per heavy atom. The average Bonchev–Trinajstić information content (AvgIpc) is 2.53. The van der Waals surface area contributed by atoms with Crippen LogP contribution in [0.2, 0.25) is 0 Å². The van der Waals surface area contributed by atoms with Crippen LogP contribution in [0.3, 0.4) is 0 Å². The lowest BCUT2D eigenvalue weighted by molar-refractivity contribution is -0.0613. The predicted octanol–water partition coefficient (Wildman–Crippen LogP) is 2.42. The van der Waals surface area contributed by atoms with Gasteiger partial charge in [0.05, 0.1) is 13.2 Å². The van der Waals surface area contributed by atoms with Crippen LogP contribution in [0.4, 0.5) is 0 Å². The normalized spacial score (nSPS) is 20.2. The van der Waals surface area contributed by atoms with Crippen molar-refractivity contribution in [3.8, 4) is 0 Å². The van der Waals surface area contributed by atoms with Gasteiger partial charge < -0.3 is 5.11 Å². The van der Waals surface area contributed by atoms with Crippen molar-refractivity contribution >= 4 is 53.2 Å². The Labute approximate surface area is 121 Å². The average molecular weight is 405 g/mol. The zero-order valence-electron chi connectivity index (χ0n) is 8.98. The molecule has 4 nitrogen and oxygen atoms in total. The third-order valence-corrected chi connectivity index (χ3v) is 7.39. The Morgan fingerprint density at radius 3 is 2.53 bits per heavy atom. The van der Waals surface area contributed by atoms with Gasteiger partial charge in [-0.25, -0.2) is 8.42 Å². The van der Waals surface area contributed by atoms with E-state index in [1.165, 1.54) is 15.6 Å². The van der Waals surface area contributed by atoms with E-state index in [1.54, 1.807) is 6.07 Å². The molecule has 8 heteroatoms. The van der Waals surface area contributed by atoms with Crippen LogP contribution in [0, 0.1) is 0 Å². The van der Waals surface area contributed by atoms with Gasteiger partial charge in [0.2, 0.25) is 10.0 Å². The Morgan fingerprint density at radius 2 is 2.12 bits per heavy atom. The monoisotopic (exact) mass is 403 g/mol. The standard InChI is InChI=1S/C9H11Br2NO3S2/c1-2-9(13)4-12(5-9)17(14,15)6-3-7(10)16-8(6)11/h3,13H,2,4-5H2,1H3. The lowest BCUT2D eigenvalue weighted by atomic mass is 9.94. The van der Waals surface area contributed by atoms with E-state index in [1.807, 2.05) is 6.92 Å². The van der Waals surface area contributed by atoms with Gasteiger partial charge in [0.15, 0.2) is 0 Å². The second-order valence-corrected chi connectivity index (χ2v) is 9.70. The summed E-state index contributed by atoms with van der Waals surface area (Å²) in [6, 6.07) is 1.58. The Balaban J connectivity index is 2.25. The Hall–Kier alpha value is 0.530. The third-order valence-electron chi connectivity index (χ3n) is 2.84. The Kier molecular flexibility index (Phi) is 3.75. The van der Waals surface area contributed by atoms with Crippen molar-refractivity contribution in [2.75, 3.05) is 13.1 Å². The van der Waals surface area contributed by atoms with E-state index >= 15 is 0 Å². The van der Waals surface area contributed by atoms with Crippen LogP contribution in [-0.2, 0) is 10.0 Å². The predicted molar refractivity (Wildman–Crippen MR) is 73.7 cm³/mol. The van der Waals surface area contributed by atoms with Gasteiger partial charge in [-0.1, -0.05) is 6.92 Å². The van der Waals surface area contributed by atoms with Gasteiger partial charge >= 0.3 is 0 Å². The van der Waals surface area contributed by atoms with Crippen molar-refractivity contribution in [1.29, 1.82) is 0 Å². The molecule has 0 unspecified atom stereocenters. The molecule has 2 heterocycles. The number of hydrogen-bond donors (Lipinski definition) is 1. The summed E-state index contributed by atoms with van der Waals surface area (Å²) in [5.74, 6) is 0. The van der Waals surface area contributed by atoms with Crippen LogP contribution in [0.15, 0.2) is 18.5 Å². The molecule has 1 aromatic heterocycles. The molecule has 0 aliphatic carbocycles. The maximum atomic E-state index is 12.2. The number of sulfonamides is 1. The molecule has 0 aromatic carbocycles. The lowest BCUT2D eigenvalue weighted by Gasteiger charge is -2.44. The van der Waals surface area contributed by atoms with Gasteiger partial charge in [0, 0.05) is 13.1 Å². The highest BCUT2D eigenvalue weighted by Gasteiger charge is 2.46. The number of thiophene rings is 1. The van der Waals surface area contributed by atoms with Gasteiger partial charge in [-0.05, 0) is 44.3 Å². The summed E-state index contributed by atoms with van der Waals surface area (Å²) < 4.78 is 27.1. The first-order valence-corrected chi connectivity index (χ1v) is 8.80. The second-order valence-electron chi connectivity index (χ2n) is 4.04. The topological polar surface area (TPSA) is 57.6 Å². The second kappa shape index (κ2) is 4.57. The summed E-state index contributed by atoms with van der Waals surface area (Å²) in [5.41, 5.74) is -0.854. The summed E-state index contributed by atoms with van der Waals surface area (Å²) in [7, 11) is -3.49. The minimum atomic E-state index is -3.49. The van der Waals surface area contributed by atoms with Gasteiger partial charge in [-0.15, -0.1) is 11.3 Å². The molecule has 1 N–H and O–H groups in total. The number of aliphatic hydroxyl groups is 1. The number of halogens is 2. The van der Waals surface area contributed by atoms with Crippen LogP contribution in [-0.4, -0.2) is 36.5 Å². The lowest BCUT2D eigenvalue weighted by Crippen LogP contribution is -2.62. The highest BCUT2D eigenvalue weighted by Crippen LogP contribution is 2.39. The van der Waals surface area contributed by atoms with Crippen LogP contribution >= 0.6 is 43.2 Å². The quantitative estimate of drug-likeness (QED) is 0.841. The number of nitrogens with zero attached hydrogens (tertiary/aromatic N) is 1. The molecule has 0 saturated carbocycles. The summed E-state index contributed by atoms with van der Waals surface area (Å²) in [5, 5.41) is 9.85. The fourth-order valence-corrected chi connectivity index (χ4v) is 7.00. The molecule has 96 valence electrons. The highest BCUT2D eigenvalue weighted by molar-refractivity contribution is 9.12. The molecule has 17 heavy (non-hydrogen) atoms. The number of hydrogen-bond acceptors (Lipinski definition) is 4. The number of β-amino-alcohol motifs (C(OH)–C–C–N with tert-alkyl or cyclic N) is 1. The fourth-order valence-electron chi connectivity index (χ4n) is 1.64. The molecule has 1 aromatic rings. The van der Waals surface area contributed by atoms with Crippen molar-refractivity contribution in [2.24, 2.45) is 0 Å². The van der Waals surface area contributed by atoms with Crippen molar-refractivity contribution in [2.45, 2.75) is 23.8 Å². The van der Waals surface area contributed by atoms with Gasteiger partial charge in [0.25, 0.3) is 0 Å². The van der Waals surface area contributed by atoms with Crippen molar-refractivity contribution < 1.29 is 13.5 Å². The summed E-state index contributed by atoms with van der Waals surface area (Å²) in [6.45, 7) is 2.19. The van der Waals surface area contributed by atoms with Gasteiger partial charge in [-0.2, -0.15) is 4.31 Å². The SMILES string of the molecule is CCC1(O)CN(S(=O)(=O)c2cc(Br)sc2Br)C1. The van der Waals surface area contributed by atoms with E-state index in [2.05, 4.69) is 31.9 Å². The molecular weight excluding hydrogens is 394 g/mol. The zero-order chi connectivity index (χ0) is 12.8. The molecule has 0 spiro atoms. The van der Waals surface area contributed by atoms with E-state index in [-0.39, 0.29) is 18.0 Å². The largest absolute Gasteiger partial charge is 0.387 e. The molecule has 1 aliphatic heterocycles. The molecule has 1 saturated heterocycles. The molecular formula is C9H11Br2NO3S2. The fraction of sp³-hybridized carbons (Fsp3) is 0.556. The maximum Gasteiger partial charge on any atom is 0.245 e. The molecule has 0 atom stereocenters. The molecule has 1 fully saturated rings. The summed E-state index contributed by atoms with van der Waals surface area (Å²) in [4.78, 5) is 0.257. The first-order chi connectivity index (χ1) is 7.78. The van der Waals surface area contributed by atoms with E-state index in [4.69, 9.17) is 0 Å². The van der Waals surface area contributed by atoms with E-state index < -0.39 is 15.6 Å². The molecule has 0 radical (unpaired) electrons. The van der Waals surface area contributed by atoms with Gasteiger partial charge in [-0.3, -0.25) is 0 Å². The molecule has 2 rings (SSSR count). The van der Waals surface area contributed by atoms with E-state index in [0.717, 1.165) is 3.79 Å². The summed E-state index contributed by atoms with van der Waals surface area (Å²) in [6.07, 6.45) is 0.563. The third kappa shape index (κ3) is 2.48. The van der Waals surface area contributed by atoms with Crippen LogP contribution in [0.5, 0.6) is 0 Å². The maximum absolute atomic E-state index is 12.2. The van der Waals surface area contributed by atoms with Crippen molar-refractivity contribution in [3.63, 3.8) is 0 Å². The highest BCUT2D eigenvalue weighted by atomic mass is 79.9. The van der Waals surface area contributed by atoms with Gasteiger partial charge in [0.1, 0.15) is 4.90 Å². The molecule has 1 aliphatic rings. The van der Waals surface area contributed by atoms with Crippen molar-refractivity contribution in [3.05, 3.63) is 13.6 Å². The zero-order valence-corrected chi connectivity index (χ0v) is 13.8. The van der Waals surface area contributed by atoms with Crippen LogP contribution < -0.4 is 0 Å². The minimum absolute atomic E-state index is 0.172.